The van der Waals surface area contributed by atoms with Crippen LogP contribution in [0.4, 0.5) is 0 Å². The SMILES string of the molecule is CCOCC(C)OCc1occc1CNCC(C)C. The molecule has 1 atom stereocenters. The molecule has 1 aromatic rings. The normalized spacial score (nSPS) is 13.1. The van der Waals surface area contributed by atoms with Crippen LogP contribution in [0.5, 0.6) is 0 Å². The van der Waals surface area contributed by atoms with Gasteiger partial charge in [0, 0.05) is 18.7 Å². The summed E-state index contributed by atoms with van der Waals surface area (Å²) in [7, 11) is 0. The van der Waals surface area contributed by atoms with Crippen LogP contribution in [0.1, 0.15) is 39.0 Å². The fourth-order valence-electron chi connectivity index (χ4n) is 1.70. The number of rotatable bonds is 10. The minimum atomic E-state index is 0.0847. The van der Waals surface area contributed by atoms with Gasteiger partial charge < -0.3 is 19.2 Å². The zero-order valence-electron chi connectivity index (χ0n) is 12.6. The van der Waals surface area contributed by atoms with E-state index in [4.69, 9.17) is 13.9 Å². The van der Waals surface area contributed by atoms with Crippen molar-refractivity contribution in [3.05, 3.63) is 23.7 Å². The average Bonchev–Trinajstić information content (AvgIpc) is 2.81. The number of nitrogens with one attached hydrogen (secondary N) is 1. The van der Waals surface area contributed by atoms with E-state index in [-0.39, 0.29) is 6.10 Å². The molecule has 1 unspecified atom stereocenters. The summed E-state index contributed by atoms with van der Waals surface area (Å²) in [6, 6.07) is 2.00. The smallest absolute Gasteiger partial charge is 0.133 e. The highest BCUT2D eigenvalue weighted by atomic mass is 16.5. The van der Waals surface area contributed by atoms with E-state index in [0.29, 0.717) is 19.1 Å². The Bertz CT molecular complexity index is 336. The molecule has 110 valence electrons. The van der Waals surface area contributed by atoms with Gasteiger partial charge in [0.05, 0.1) is 19.0 Å². The van der Waals surface area contributed by atoms with E-state index in [1.165, 1.54) is 5.56 Å². The summed E-state index contributed by atoms with van der Waals surface area (Å²) in [5, 5.41) is 3.41. The third-order valence-corrected chi connectivity index (χ3v) is 2.76. The second-order valence-corrected chi connectivity index (χ2v) is 5.17. The summed E-state index contributed by atoms with van der Waals surface area (Å²) in [5.41, 5.74) is 1.17. The molecule has 0 fully saturated rings. The third kappa shape index (κ3) is 6.76. The highest BCUT2D eigenvalue weighted by molar-refractivity contribution is 5.16. The van der Waals surface area contributed by atoms with E-state index in [1.807, 2.05) is 19.9 Å². The maximum atomic E-state index is 5.71. The van der Waals surface area contributed by atoms with Gasteiger partial charge in [-0.05, 0) is 32.4 Å². The highest BCUT2D eigenvalue weighted by Gasteiger charge is 2.09. The van der Waals surface area contributed by atoms with Crippen LogP contribution in [0.25, 0.3) is 0 Å². The van der Waals surface area contributed by atoms with Crippen LogP contribution in [0.15, 0.2) is 16.7 Å². The van der Waals surface area contributed by atoms with Crippen molar-refractivity contribution in [2.45, 2.75) is 47.0 Å². The van der Waals surface area contributed by atoms with Crippen molar-refractivity contribution in [1.29, 1.82) is 0 Å². The first-order chi connectivity index (χ1) is 9.13. The van der Waals surface area contributed by atoms with Crippen LogP contribution >= 0.6 is 0 Å². The van der Waals surface area contributed by atoms with Gasteiger partial charge in [-0.3, -0.25) is 0 Å². The van der Waals surface area contributed by atoms with Gasteiger partial charge in [0.1, 0.15) is 12.4 Å². The molecule has 0 aromatic carbocycles. The van der Waals surface area contributed by atoms with Crippen LogP contribution in [0, 0.1) is 5.92 Å². The Morgan fingerprint density at radius 3 is 2.79 bits per heavy atom. The fourth-order valence-corrected chi connectivity index (χ4v) is 1.70. The number of hydrogen-bond acceptors (Lipinski definition) is 4. The van der Waals surface area contributed by atoms with Gasteiger partial charge in [-0.15, -0.1) is 0 Å². The molecule has 0 spiro atoms. The summed E-state index contributed by atoms with van der Waals surface area (Å²) < 4.78 is 16.5. The van der Waals surface area contributed by atoms with Crippen molar-refractivity contribution < 1.29 is 13.9 Å². The molecule has 0 aliphatic rings. The lowest BCUT2D eigenvalue weighted by atomic mass is 10.2. The summed E-state index contributed by atoms with van der Waals surface area (Å²) in [6.45, 7) is 12.1. The Balaban J connectivity index is 2.31. The van der Waals surface area contributed by atoms with Crippen molar-refractivity contribution in [2.24, 2.45) is 5.92 Å². The fraction of sp³-hybridized carbons (Fsp3) is 0.733. The zero-order valence-corrected chi connectivity index (χ0v) is 12.6. The second kappa shape index (κ2) is 9.13. The van der Waals surface area contributed by atoms with Gasteiger partial charge in [-0.1, -0.05) is 13.8 Å². The van der Waals surface area contributed by atoms with Gasteiger partial charge in [-0.25, -0.2) is 0 Å². The van der Waals surface area contributed by atoms with Crippen LogP contribution in [0.2, 0.25) is 0 Å². The molecular formula is C15H27NO3. The molecule has 0 aliphatic carbocycles. The summed E-state index contributed by atoms with van der Waals surface area (Å²) >= 11 is 0. The Morgan fingerprint density at radius 2 is 2.11 bits per heavy atom. The van der Waals surface area contributed by atoms with E-state index in [0.717, 1.165) is 25.5 Å². The lowest BCUT2D eigenvalue weighted by Gasteiger charge is -2.13. The number of hydrogen-bond donors (Lipinski definition) is 1. The molecule has 1 N–H and O–H groups in total. The first-order valence-corrected chi connectivity index (χ1v) is 7.08. The number of ether oxygens (including phenoxy) is 2. The average molecular weight is 269 g/mol. The molecule has 0 aliphatic heterocycles. The Hall–Kier alpha value is -0.840. The first kappa shape index (κ1) is 16.2. The second-order valence-electron chi connectivity index (χ2n) is 5.17. The molecule has 0 radical (unpaired) electrons. The standard InChI is InChI=1S/C15H27NO3/c1-5-17-10-13(4)19-11-15-14(6-7-18-15)9-16-8-12(2)3/h6-7,12-13,16H,5,8-11H2,1-4H3. The Labute approximate surface area is 116 Å². The lowest BCUT2D eigenvalue weighted by molar-refractivity contribution is -0.0173. The van der Waals surface area contributed by atoms with Crippen molar-refractivity contribution >= 4 is 0 Å². The molecule has 4 heteroatoms. The van der Waals surface area contributed by atoms with Crippen molar-refractivity contribution in [1.82, 2.24) is 5.32 Å². The van der Waals surface area contributed by atoms with Gasteiger partial charge in [0.2, 0.25) is 0 Å². The van der Waals surface area contributed by atoms with E-state index in [1.54, 1.807) is 6.26 Å². The highest BCUT2D eigenvalue weighted by Crippen LogP contribution is 2.13. The monoisotopic (exact) mass is 269 g/mol. The van der Waals surface area contributed by atoms with Gasteiger partial charge in [-0.2, -0.15) is 0 Å². The van der Waals surface area contributed by atoms with E-state index in [9.17, 15) is 0 Å². The van der Waals surface area contributed by atoms with Crippen LogP contribution in [0.3, 0.4) is 0 Å². The molecular weight excluding hydrogens is 242 g/mol. The summed E-state index contributed by atoms with van der Waals surface area (Å²) in [5.74, 6) is 1.55. The molecule has 0 saturated carbocycles. The van der Waals surface area contributed by atoms with Crippen molar-refractivity contribution in [3.8, 4) is 0 Å². The molecule has 0 saturated heterocycles. The van der Waals surface area contributed by atoms with E-state index in [2.05, 4.69) is 19.2 Å². The molecule has 1 rings (SSSR count). The number of furan rings is 1. The van der Waals surface area contributed by atoms with E-state index < -0.39 is 0 Å². The van der Waals surface area contributed by atoms with Crippen LogP contribution < -0.4 is 5.32 Å². The zero-order chi connectivity index (χ0) is 14.1. The van der Waals surface area contributed by atoms with Crippen LogP contribution in [-0.2, 0) is 22.6 Å². The molecule has 4 nitrogen and oxygen atoms in total. The molecule has 19 heavy (non-hydrogen) atoms. The largest absolute Gasteiger partial charge is 0.467 e. The minimum Gasteiger partial charge on any atom is -0.467 e. The van der Waals surface area contributed by atoms with Crippen molar-refractivity contribution in [3.63, 3.8) is 0 Å². The maximum Gasteiger partial charge on any atom is 0.133 e. The topological polar surface area (TPSA) is 43.6 Å². The predicted octanol–water partition coefficient (Wildman–Crippen LogP) is 2.97. The summed E-state index contributed by atoms with van der Waals surface area (Å²) in [6.07, 6.45) is 1.81. The van der Waals surface area contributed by atoms with Gasteiger partial charge >= 0.3 is 0 Å². The summed E-state index contributed by atoms with van der Waals surface area (Å²) in [4.78, 5) is 0. The van der Waals surface area contributed by atoms with Gasteiger partial charge in [0.15, 0.2) is 0 Å². The quantitative estimate of drug-likeness (QED) is 0.709. The van der Waals surface area contributed by atoms with Crippen LogP contribution in [-0.4, -0.2) is 25.9 Å². The van der Waals surface area contributed by atoms with Gasteiger partial charge in [0.25, 0.3) is 0 Å². The minimum absolute atomic E-state index is 0.0847. The predicted molar refractivity (Wildman–Crippen MR) is 76.0 cm³/mol. The van der Waals surface area contributed by atoms with E-state index >= 15 is 0 Å². The first-order valence-electron chi connectivity index (χ1n) is 7.08. The molecule has 0 amide bonds. The Morgan fingerprint density at radius 1 is 1.32 bits per heavy atom. The van der Waals surface area contributed by atoms with Crippen molar-refractivity contribution in [2.75, 3.05) is 19.8 Å². The maximum absolute atomic E-state index is 5.71. The lowest BCUT2D eigenvalue weighted by Crippen LogP contribution is -2.20. The third-order valence-electron chi connectivity index (χ3n) is 2.76. The molecule has 1 heterocycles. The molecule has 1 aromatic heterocycles. The molecule has 0 bridgehead atoms. The Kier molecular flexibility index (Phi) is 7.79.